The zero-order valence-corrected chi connectivity index (χ0v) is 12.6. The van der Waals surface area contributed by atoms with Gasteiger partial charge in [0.2, 0.25) is 0 Å². The van der Waals surface area contributed by atoms with Crippen molar-refractivity contribution >= 4 is 21.6 Å². The lowest BCUT2D eigenvalue weighted by Crippen LogP contribution is -2.51. The molecule has 2 N–H and O–H groups in total. The van der Waals surface area contributed by atoms with E-state index in [0.29, 0.717) is 24.2 Å². The number of nitro benzene ring substituents is 1. The number of halogens is 1. The van der Waals surface area contributed by atoms with E-state index in [2.05, 4.69) is 21.2 Å². The third-order valence-electron chi connectivity index (χ3n) is 3.57. The number of hydrogen-bond acceptors (Lipinski definition) is 5. The summed E-state index contributed by atoms with van der Waals surface area (Å²) in [6.45, 7) is 1.74. The molecule has 2 rings (SSSR count). The summed E-state index contributed by atoms with van der Waals surface area (Å²) < 4.78 is 5.97. The molecule has 1 aliphatic heterocycles. The molecule has 1 saturated heterocycles. The average molecular weight is 345 g/mol. The maximum atomic E-state index is 10.8. The third kappa shape index (κ3) is 3.76. The molecule has 1 heterocycles. The topological polar surface area (TPSA) is 84.6 Å². The fourth-order valence-corrected chi connectivity index (χ4v) is 2.81. The minimum atomic E-state index is -0.412. The first-order chi connectivity index (χ1) is 9.54. The molecule has 0 amide bonds. The highest BCUT2D eigenvalue weighted by Gasteiger charge is 2.31. The first-order valence-electron chi connectivity index (χ1n) is 6.42. The minimum Gasteiger partial charge on any atom is -0.394 e. The van der Waals surface area contributed by atoms with Gasteiger partial charge in [-0.15, -0.1) is 0 Å². The summed E-state index contributed by atoms with van der Waals surface area (Å²) >= 11 is 3.28. The number of nitrogens with zero attached hydrogens (tertiary/aromatic N) is 1. The number of nitrogens with one attached hydrogen (secondary N) is 1. The van der Waals surface area contributed by atoms with Gasteiger partial charge in [0.15, 0.2) is 0 Å². The van der Waals surface area contributed by atoms with Crippen LogP contribution in [0.4, 0.5) is 5.69 Å². The van der Waals surface area contributed by atoms with E-state index in [0.717, 1.165) is 18.4 Å². The maximum Gasteiger partial charge on any atom is 0.270 e. The van der Waals surface area contributed by atoms with Crippen LogP contribution < -0.4 is 5.32 Å². The molecule has 1 aromatic carbocycles. The van der Waals surface area contributed by atoms with E-state index >= 15 is 0 Å². The van der Waals surface area contributed by atoms with Gasteiger partial charge in [-0.25, -0.2) is 0 Å². The second kappa shape index (κ2) is 6.62. The number of non-ortho nitro benzene ring substituents is 1. The van der Waals surface area contributed by atoms with Gasteiger partial charge in [-0.2, -0.15) is 0 Å². The summed E-state index contributed by atoms with van der Waals surface area (Å²) in [6.07, 6.45) is 1.47. The molecule has 0 spiro atoms. The van der Waals surface area contributed by atoms with E-state index in [4.69, 9.17) is 4.74 Å². The first-order valence-corrected chi connectivity index (χ1v) is 7.21. The van der Waals surface area contributed by atoms with E-state index < -0.39 is 4.92 Å². The van der Waals surface area contributed by atoms with Crippen molar-refractivity contribution in [1.29, 1.82) is 0 Å². The van der Waals surface area contributed by atoms with Crippen LogP contribution in [0.3, 0.4) is 0 Å². The minimum absolute atomic E-state index is 0.0342. The number of aliphatic hydroxyl groups is 1. The zero-order chi connectivity index (χ0) is 14.6. The number of aliphatic hydroxyl groups excluding tert-OH is 1. The molecule has 0 bridgehead atoms. The van der Waals surface area contributed by atoms with E-state index in [1.165, 1.54) is 6.07 Å². The molecule has 0 saturated carbocycles. The van der Waals surface area contributed by atoms with Crippen molar-refractivity contribution < 1.29 is 14.8 Å². The number of nitro groups is 1. The Balaban J connectivity index is 2.07. The molecule has 0 radical (unpaired) electrons. The largest absolute Gasteiger partial charge is 0.394 e. The molecule has 1 aliphatic rings. The highest BCUT2D eigenvalue weighted by Crippen LogP contribution is 2.24. The van der Waals surface area contributed by atoms with Gasteiger partial charge in [-0.3, -0.25) is 10.1 Å². The molecule has 6 nitrogen and oxygen atoms in total. The van der Waals surface area contributed by atoms with Gasteiger partial charge >= 0.3 is 0 Å². The molecule has 0 unspecified atom stereocenters. The highest BCUT2D eigenvalue weighted by atomic mass is 79.9. The smallest absolute Gasteiger partial charge is 0.270 e. The highest BCUT2D eigenvalue weighted by molar-refractivity contribution is 9.10. The average Bonchev–Trinajstić information content (AvgIpc) is 2.45. The van der Waals surface area contributed by atoms with Crippen LogP contribution in [0.15, 0.2) is 22.7 Å². The van der Waals surface area contributed by atoms with Crippen LogP contribution in [0.5, 0.6) is 0 Å². The van der Waals surface area contributed by atoms with Crippen LogP contribution in [-0.4, -0.2) is 35.4 Å². The summed E-state index contributed by atoms with van der Waals surface area (Å²) in [5, 5.41) is 23.7. The summed E-state index contributed by atoms with van der Waals surface area (Å²) in [5.41, 5.74) is 0.515. The Labute approximate surface area is 125 Å². The maximum absolute atomic E-state index is 10.8. The Bertz CT molecular complexity index is 489. The number of hydrogen-bond donors (Lipinski definition) is 2. The molecule has 7 heteroatoms. The van der Waals surface area contributed by atoms with Crippen LogP contribution in [0, 0.1) is 10.1 Å². The Kier molecular flexibility index (Phi) is 5.09. The molecule has 20 heavy (non-hydrogen) atoms. The molecule has 1 aromatic rings. The normalized spacial score (nSPS) is 17.9. The first kappa shape index (κ1) is 15.4. The molecule has 0 aliphatic carbocycles. The molecular weight excluding hydrogens is 328 g/mol. The molecule has 110 valence electrons. The number of ether oxygens (including phenoxy) is 1. The van der Waals surface area contributed by atoms with Crippen LogP contribution in [0.25, 0.3) is 0 Å². The fraction of sp³-hybridized carbons (Fsp3) is 0.538. The number of rotatable bonds is 5. The van der Waals surface area contributed by atoms with Crippen LogP contribution in [0.1, 0.15) is 18.4 Å². The van der Waals surface area contributed by atoms with E-state index in [9.17, 15) is 15.2 Å². The van der Waals surface area contributed by atoms with Gasteiger partial charge in [0, 0.05) is 41.9 Å². The summed E-state index contributed by atoms with van der Waals surface area (Å²) in [4.78, 5) is 10.4. The Hall–Kier alpha value is -1.02. The molecular formula is C13H17BrN2O4. The van der Waals surface area contributed by atoms with Gasteiger partial charge in [0.1, 0.15) is 0 Å². The van der Waals surface area contributed by atoms with Crippen LogP contribution >= 0.6 is 15.9 Å². The van der Waals surface area contributed by atoms with Crippen molar-refractivity contribution in [3.05, 3.63) is 38.3 Å². The second-order valence-electron chi connectivity index (χ2n) is 4.98. The van der Waals surface area contributed by atoms with Crippen LogP contribution in [-0.2, 0) is 11.3 Å². The molecule has 1 fully saturated rings. The standard InChI is InChI=1S/C13H17BrN2O4/c14-11-5-10(6-12(7-11)16(18)19)8-15-13(9-17)1-3-20-4-2-13/h5-7,15,17H,1-4,8-9H2. The van der Waals surface area contributed by atoms with Crippen LogP contribution in [0.2, 0.25) is 0 Å². The predicted molar refractivity (Wildman–Crippen MR) is 77.5 cm³/mol. The monoisotopic (exact) mass is 344 g/mol. The fourth-order valence-electron chi connectivity index (χ4n) is 2.28. The predicted octanol–water partition coefficient (Wildman–Crippen LogP) is 1.99. The summed E-state index contributed by atoms with van der Waals surface area (Å²) in [7, 11) is 0. The SMILES string of the molecule is O=[N+]([O-])c1cc(Br)cc(CNC2(CO)CCOCC2)c1. The zero-order valence-electron chi connectivity index (χ0n) is 11.0. The van der Waals surface area contributed by atoms with Gasteiger partial charge in [-0.1, -0.05) is 15.9 Å². The van der Waals surface area contributed by atoms with Gasteiger partial charge in [-0.05, 0) is 24.5 Å². The van der Waals surface area contributed by atoms with Gasteiger partial charge in [0.25, 0.3) is 5.69 Å². The Morgan fingerprint density at radius 1 is 1.40 bits per heavy atom. The lowest BCUT2D eigenvalue weighted by atomic mass is 9.90. The van der Waals surface area contributed by atoms with Crippen molar-refractivity contribution in [2.24, 2.45) is 0 Å². The third-order valence-corrected chi connectivity index (χ3v) is 4.03. The van der Waals surface area contributed by atoms with Crippen molar-refractivity contribution in [2.45, 2.75) is 24.9 Å². The van der Waals surface area contributed by atoms with Gasteiger partial charge < -0.3 is 15.2 Å². The van der Waals surface area contributed by atoms with E-state index in [1.807, 2.05) is 6.07 Å². The van der Waals surface area contributed by atoms with E-state index in [-0.39, 0.29) is 17.8 Å². The second-order valence-corrected chi connectivity index (χ2v) is 5.89. The lowest BCUT2D eigenvalue weighted by molar-refractivity contribution is -0.385. The Morgan fingerprint density at radius 2 is 2.10 bits per heavy atom. The Morgan fingerprint density at radius 3 is 2.70 bits per heavy atom. The van der Waals surface area contributed by atoms with E-state index in [1.54, 1.807) is 6.07 Å². The molecule has 0 atom stereocenters. The van der Waals surface area contributed by atoms with Gasteiger partial charge in [0.05, 0.1) is 11.5 Å². The van der Waals surface area contributed by atoms with Crippen molar-refractivity contribution in [3.63, 3.8) is 0 Å². The summed E-state index contributed by atoms with van der Waals surface area (Å²) in [5.74, 6) is 0. The van der Waals surface area contributed by atoms with Crippen molar-refractivity contribution in [3.8, 4) is 0 Å². The summed E-state index contributed by atoms with van der Waals surface area (Å²) in [6, 6.07) is 4.85. The molecule has 0 aromatic heterocycles. The lowest BCUT2D eigenvalue weighted by Gasteiger charge is -2.36. The van der Waals surface area contributed by atoms with Crippen molar-refractivity contribution in [2.75, 3.05) is 19.8 Å². The van der Waals surface area contributed by atoms with Crippen molar-refractivity contribution in [1.82, 2.24) is 5.32 Å². The quantitative estimate of drug-likeness (QED) is 0.630. The number of benzene rings is 1.